The summed E-state index contributed by atoms with van der Waals surface area (Å²) in [7, 11) is 3.99. The molecule has 4 rings (SSSR count). The first-order chi connectivity index (χ1) is 14.0. The van der Waals surface area contributed by atoms with Crippen molar-refractivity contribution in [2.75, 3.05) is 50.2 Å². The average molecular weight is 392 g/mol. The third-order valence-corrected chi connectivity index (χ3v) is 5.26. The molecular weight excluding hydrogens is 362 g/mol. The summed E-state index contributed by atoms with van der Waals surface area (Å²) in [5.74, 6) is 2.07. The van der Waals surface area contributed by atoms with Crippen molar-refractivity contribution in [2.24, 2.45) is 0 Å². The van der Waals surface area contributed by atoms with Gasteiger partial charge in [0.1, 0.15) is 5.82 Å². The van der Waals surface area contributed by atoms with E-state index < -0.39 is 0 Å². The molecular formula is C23H29N5O. The number of hydrogen-bond donors (Lipinski definition) is 0. The van der Waals surface area contributed by atoms with Gasteiger partial charge in [-0.1, -0.05) is 32.0 Å². The van der Waals surface area contributed by atoms with E-state index >= 15 is 0 Å². The molecule has 0 atom stereocenters. The SMILES string of the molecule is CC(C)c1nn(-c2cccc(N(C)C)n2)cc1-c1ccc(N2CCOCC2)cc1. The average Bonchev–Trinajstić information content (AvgIpc) is 3.20. The summed E-state index contributed by atoms with van der Waals surface area (Å²) in [6, 6.07) is 14.8. The van der Waals surface area contributed by atoms with Gasteiger partial charge >= 0.3 is 0 Å². The van der Waals surface area contributed by atoms with Gasteiger partial charge in [-0.2, -0.15) is 5.10 Å². The molecule has 0 N–H and O–H groups in total. The molecule has 0 spiro atoms. The van der Waals surface area contributed by atoms with E-state index in [9.17, 15) is 0 Å². The van der Waals surface area contributed by atoms with Crippen molar-refractivity contribution in [3.05, 3.63) is 54.4 Å². The first-order valence-corrected chi connectivity index (χ1v) is 10.2. The number of ether oxygens (including phenoxy) is 1. The van der Waals surface area contributed by atoms with Gasteiger partial charge in [-0.05, 0) is 35.7 Å². The van der Waals surface area contributed by atoms with E-state index in [1.807, 2.05) is 41.9 Å². The number of nitrogens with zero attached hydrogens (tertiary/aromatic N) is 5. The Morgan fingerprint density at radius 1 is 1.00 bits per heavy atom. The van der Waals surface area contributed by atoms with Gasteiger partial charge in [0.2, 0.25) is 0 Å². The summed E-state index contributed by atoms with van der Waals surface area (Å²) in [6.07, 6.45) is 2.10. The maximum atomic E-state index is 5.46. The van der Waals surface area contributed by atoms with Crippen LogP contribution in [0.2, 0.25) is 0 Å². The number of pyridine rings is 1. The molecule has 0 aliphatic carbocycles. The maximum absolute atomic E-state index is 5.46. The fraction of sp³-hybridized carbons (Fsp3) is 0.391. The first kappa shape index (κ1) is 19.5. The van der Waals surface area contributed by atoms with Crippen molar-refractivity contribution < 1.29 is 4.74 Å². The van der Waals surface area contributed by atoms with E-state index in [2.05, 4.69) is 49.2 Å². The van der Waals surface area contributed by atoms with E-state index in [4.69, 9.17) is 14.8 Å². The van der Waals surface area contributed by atoms with Crippen LogP contribution in [0, 0.1) is 0 Å². The molecule has 6 nitrogen and oxygen atoms in total. The van der Waals surface area contributed by atoms with Crippen molar-refractivity contribution in [2.45, 2.75) is 19.8 Å². The molecule has 2 aromatic heterocycles. The highest BCUT2D eigenvalue weighted by Crippen LogP contribution is 2.31. The van der Waals surface area contributed by atoms with Crippen molar-refractivity contribution in [3.8, 4) is 16.9 Å². The van der Waals surface area contributed by atoms with E-state index in [1.165, 1.54) is 11.3 Å². The summed E-state index contributed by atoms with van der Waals surface area (Å²) >= 11 is 0. The monoisotopic (exact) mass is 391 g/mol. The van der Waals surface area contributed by atoms with Crippen molar-refractivity contribution >= 4 is 11.5 Å². The fourth-order valence-corrected chi connectivity index (χ4v) is 3.62. The number of hydrogen-bond acceptors (Lipinski definition) is 5. The predicted molar refractivity (Wildman–Crippen MR) is 118 cm³/mol. The zero-order valence-corrected chi connectivity index (χ0v) is 17.7. The summed E-state index contributed by atoms with van der Waals surface area (Å²) in [5.41, 5.74) is 4.67. The van der Waals surface area contributed by atoms with Crippen LogP contribution >= 0.6 is 0 Å². The number of morpholine rings is 1. The normalized spacial score (nSPS) is 14.4. The Morgan fingerprint density at radius 2 is 1.72 bits per heavy atom. The summed E-state index contributed by atoms with van der Waals surface area (Å²) in [5, 5.41) is 4.88. The molecule has 0 radical (unpaired) electrons. The van der Waals surface area contributed by atoms with Crippen LogP contribution in [0.5, 0.6) is 0 Å². The van der Waals surface area contributed by atoms with Gasteiger partial charge in [0.25, 0.3) is 0 Å². The molecule has 3 heterocycles. The Labute approximate surface area is 172 Å². The highest BCUT2D eigenvalue weighted by atomic mass is 16.5. The second-order valence-electron chi connectivity index (χ2n) is 7.92. The highest BCUT2D eigenvalue weighted by Gasteiger charge is 2.17. The lowest BCUT2D eigenvalue weighted by Gasteiger charge is -2.28. The quantitative estimate of drug-likeness (QED) is 0.659. The molecule has 0 amide bonds. The van der Waals surface area contributed by atoms with Crippen LogP contribution in [0.15, 0.2) is 48.7 Å². The smallest absolute Gasteiger partial charge is 0.155 e. The Bertz CT molecular complexity index is 956. The van der Waals surface area contributed by atoms with Crippen LogP contribution in [0.1, 0.15) is 25.5 Å². The van der Waals surface area contributed by atoms with Gasteiger partial charge in [-0.15, -0.1) is 0 Å². The molecule has 0 saturated carbocycles. The third kappa shape index (κ3) is 4.12. The van der Waals surface area contributed by atoms with Gasteiger partial charge in [-0.3, -0.25) is 0 Å². The molecule has 3 aromatic rings. The second-order valence-corrected chi connectivity index (χ2v) is 7.92. The molecule has 152 valence electrons. The molecule has 1 saturated heterocycles. The van der Waals surface area contributed by atoms with E-state index in [-0.39, 0.29) is 0 Å². The number of anilines is 2. The molecule has 6 heteroatoms. The van der Waals surface area contributed by atoms with Gasteiger partial charge in [0.15, 0.2) is 5.82 Å². The van der Waals surface area contributed by atoms with E-state index in [0.29, 0.717) is 5.92 Å². The molecule has 0 bridgehead atoms. The predicted octanol–water partition coefficient (Wildman–Crippen LogP) is 3.96. The summed E-state index contributed by atoms with van der Waals surface area (Å²) in [4.78, 5) is 9.11. The van der Waals surface area contributed by atoms with Crippen LogP contribution in [-0.2, 0) is 4.74 Å². The van der Waals surface area contributed by atoms with Crippen LogP contribution < -0.4 is 9.80 Å². The minimum absolute atomic E-state index is 0.321. The van der Waals surface area contributed by atoms with Crippen molar-refractivity contribution in [1.82, 2.24) is 14.8 Å². The van der Waals surface area contributed by atoms with Gasteiger partial charge < -0.3 is 14.5 Å². The number of aromatic nitrogens is 3. The molecule has 1 aromatic carbocycles. The molecule has 1 fully saturated rings. The molecule has 1 aliphatic heterocycles. The van der Waals surface area contributed by atoms with Crippen molar-refractivity contribution in [3.63, 3.8) is 0 Å². The van der Waals surface area contributed by atoms with Gasteiger partial charge in [0, 0.05) is 44.6 Å². The summed E-state index contributed by atoms with van der Waals surface area (Å²) < 4.78 is 7.36. The van der Waals surface area contributed by atoms with Crippen LogP contribution in [-0.4, -0.2) is 55.2 Å². The summed E-state index contributed by atoms with van der Waals surface area (Å²) in [6.45, 7) is 7.85. The third-order valence-electron chi connectivity index (χ3n) is 5.26. The molecule has 1 aliphatic rings. The maximum Gasteiger partial charge on any atom is 0.155 e. The fourth-order valence-electron chi connectivity index (χ4n) is 3.62. The Hall–Kier alpha value is -2.86. The van der Waals surface area contributed by atoms with Gasteiger partial charge in [-0.25, -0.2) is 9.67 Å². The molecule has 29 heavy (non-hydrogen) atoms. The number of rotatable bonds is 5. The minimum atomic E-state index is 0.321. The Morgan fingerprint density at radius 3 is 2.38 bits per heavy atom. The largest absolute Gasteiger partial charge is 0.378 e. The first-order valence-electron chi connectivity index (χ1n) is 10.2. The lowest BCUT2D eigenvalue weighted by molar-refractivity contribution is 0.122. The number of benzene rings is 1. The van der Waals surface area contributed by atoms with E-state index in [0.717, 1.165) is 49.2 Å². The van der Waals surface area contributed by atoms with Gasteiger partial charge in [0.05, 0.1) is 18.9 Å². The second kappa shape index (κ2) is 8.25. The lowest BCUT2D eigenvalue weighted by Crippen LogP contribution is -2.36. The standard InChI is InChI=1S/C23H29N5O/c1-17(2)23-20(16-28(25-23)22-7-5-6-21(24-22)26(3)4)18-8-10-19(11-9-18)27-12-14-29-15-13-27/h5-11,16-17H,12-15H2,1-4H3. The Balaban J connectivity index is 1.67. The minimum Gasteiger partial charge on any atom is -0.378 e. The molecule has 0 unspecified atom stereocenters. The van der Waals surface area contributed by atoms with Crippen LogP contribution in [0.4, 0.5) is 11.5 Å². The van der Waals surface area contributed by atoms with Crippen LogP contribution in [0.3, 0.4) is 0 Å². The zero-order chi connectivity index (χ0) is 20.4. The van der Waals surface area contributed by atoms with Crippen LogP contribution in [0.25, 0.3) is 16.9 Å². The van der Waals surface area contributed by atoms with Crippen molar-refractivity contribution in [1.29, 1.82) is 0 Å². The Kier molecular flexibility index (Phi) is 5.53. The lowest BCUT2D eigenvalue weighted by atomic mass is 10.00. The zero-order valence-electron chi connectivity index (χ0n) is 17.7. The highest BCUT2D eigenvalue weighted by molar-refractivity contribution is 5.69. The van der Waals surface area contributed by atoms with E-state index in [1.54, 1.807) is 0 Å². The topological polar surface area (TPSA) is 46.4 Å².